The van der Waals surface area contributed by atoms with Crippen molar-refractivity contribution in [3.63, 3.8) is 0 Å². The van der Waals surface area contributed by atoms with E-state index >= 15 is 0 Å². The second kappa shape index (κ2) is 8.19. The minimum Gasteiger partial charge on any atom is -0.356 e. The molecule has 4 nitrogen and oxygen atoms in total. The van der Waals surface area contributed by atoms with Crippen molar-refractivity contribution in [3.8, 4) is 0 Å². The van der Waals surface area contributed by atoms with Crippen LogP contribution in [-0.2, 0) is 0 Å². The van der Waals surface area contributed by atoms with Crippen LogP contribution < -0.4 is 10.6 Å². The molecule has 0 aromatic carbocycles. The molecule has 1 saturated heterocycles. The lowest BCUT2D eigenvalue weighted by Gasteiger charge is -2.32. The van der Waals surface area contributed by atoms with Crippen molar-refractivity contribution in [1.29, 1.82) is 0 Å². The number of nitrogens with zero attached hydrogens (tertiary/aromatic N) is 2. The second-order valence-electron chi connectivity index (χ2n) is 8.03. The molecular formula is C18H36N4. The summed E-state index contributed by atoms with van der Waals surface area (Å²) in [6, 6.07) is 0. The van der Waals surface area contributed by atoms with E-state index in [0.717, 1.165) is 30.9 Å². The van der Waals surface area contributed by atoms with Gasteiger partial charge in [-0.05, 0) is 56.5 Å². The number of likely N-dealkylation sites (tertiary alicyclic amines) is 1. The predicted octanol–water partition coefficient (Wildman–Crippen LogP) is 2.71. The number of aliphatic imine (C=N–C) groups is 1. The molecule has 0 radical (unpaired) electrons. The molecule has 0 bridgehead atoms. The summed E-state index contributed by atoms with van der Waals surface area (Å²) in [5.74, 6) is 2.54. The summed E-state index contributed by atoms with van der Waals surface area (Å²) in [5, 5.41) is 7.16. The molecule has 2 aliphatic rings. The summed E-state index contributed by atoms with van der Waals surface area (Å²) in [6.07, 6.45) is 8.19. The Hall–Kier alpha value is -0.770. The summed E-state index contributed by atoms with van der Waals surface area (Å²) in [7, 11) is 4.10. The molecule has 128 valence electrons. The summed E-state index contributed by atoms with van der Waals surface area (Å²) in [4.78, 5) is 6.84. The van der Waals surface area contributed by atoms with Crippen molar-refractivity contribution >= 4 is 5.96 Å². The Bertz CT molecular complexity index is 358. The number of hydrogen-bond donors (Lipinski definition) is 2. The standard InChI is InChI=1S/C18H36N4/c1-15(2)11-18(8-5-6-9-18)14-21-17(19-3)20-12-16-7-10-22(4)13-16/h15-16H,5-14H2,1-4H3,(H2,19,20,21). The summed E-state index contributed by atoms with van der Waals surface area (Å²) >= 11 is 0. The van der Waals surface area contributed by atoms with Gasteiger partial charge in [0.15, 0.2) is 5.96 Å². The first-order valence-corrected chi connectivity index (χ1v) is 9.16. The third kappa shape index (κ3) is 5.15. The normalized spacial score (nSPS) is 25.9. The molecule has 22 heavy (non-hydrogen) atoms. The van der Waals surface area contributed by atoms with E-state index < -0.39 is 0 Å². The van der Waals surface area contributed by atoms with E-state index in [-0.39, 0.29) is 0 Å². The maximum atomic E-state index is 4.42. The minimum atomic E-state index is 0.499. The minimum absolute atomic E-state index is 0.499. The molecule has 2 rings (SSSR count). The van der Waals surface area contributed by atoms with E-state index in [1.165, 1.54) is 51.6 Å². The largest absolute Gasteiger partial charge is 0.356 e. The Balaban J connectivity index is 1.77. The number of guanidine groups is 1. The highest BCUT2D eigenvalue weighted by molar-refractivity contribution is 5.79. The van der Waals surface area contributed by atoms with E-state index in [2.05, 4.69) is 41.4 Å². The van der Waals surface area contributed by atoms with Crippen molar-refractivity contribution in [2.75, 3.05) is 40.3 Å². The molecule has 0 amide bonds. The quantitative estimate of drug-likeness (QED) is 0.585. The summed E-state index contributed by atoms with van der Waals surface area (Å²) in [5.41, 5.74) is 0.499. The average Bonchev–Trinajstić information content (AvgIpc) is 3.08. The Morgan fingerprint density at radius 3 is 2.55 bits per heavy atom. The van der Waals surface area contributed by atoms with Crippen LogP contribution >= 0.6 is 0 Å². The van der Waals surface area contributed by atoms with Gasteiger partial charge in [0.1, 0.15) is 0 Å². The third-order valence-electron chi connectivity index (χ3n) is 5.41. The molecule has 0 aromatic rings. The van der Waals surface area contributed by atoms with Crippen molar-refractivity contribution in [1.82, 2.24) is 15.5 Å². The van der Waals surface area contributed by atoms with Crippen molar-refractivity contribution < 1.29 is 0 Å². The van der Waals surface area contributed by atoms with Gasteiger partial charge in [0, 0.05) is 26.7 Å². The highest BCUT2D eigenvalue weighted by atomic mass is 15.2. The highest BCUT2D eigenvalue weighted by Gasteiger charge is 2.34. The third-order valence-corrected chi connectivity index (χ3v) is 5.41. The maximum absolute atomic E-state index is 4.42. The average molecular weight is 309 g/mol. The molecule has 0 aromatic heterocycles. The van der Waals surface area contributed by atoms with Gasteiger partial charge in [-0.1, -0.05) is 26.7 Å². The molecule has 2 N–H and O–H groups in total. The van der Waals surface area contributed by atoms with Gasteiger partial charge in [0.2, 0.25) is 0 Å². The molecule has 0 spiro atoms. The van der Waals surface area contributed by atoms with E-state index in [9.17, 15) is 0 Å². The zero-order valence-electron chi connectivity index (χ0n) is 15.1. The molecule has 1 aliphatic carbocycles. The first-order chi connectivity index (χ1) is 10.5. The smallest absolute Gasteiger partial charge is 0.191 e. The van der Waals surface area contributed by atoms with Gasteiger partial charge in [-0.25, -0.2) is 0 Å². The lowest BCUT2D eigenvalue weighted by molar-refractivity contribution is 0.234. The van der Waals surface area contributed by atoms with Crippen LogP contribution in [0.5, 0.6) is 0 Å². The number of nitrogens with one attached hydrogen (secondary N) is 2. The molecule has 1 saturated carbocycles. The van der Waals surface area contributed by atoms with E-state index in [0.29, 0.717) is 5.41 Å². The van der Waals surface area contributed by atoms with Crippen LogP contribution in [0.4, 0.5) is 0 Å². The lowest BCUT2D eigenvalue weighted by Crippen LogP contribution is -2.44. The fourth-order valence-corrected chi connectivity index (χ4v) is 4.37. The van der Waals surface area contributed by atoms with Crippen LogP contribution in [-0.4, -0.2) is 51.1 Å². The van der Waals surface area contributed by atoms with Crippen molar-refractivity contribution in [3.05, 3.63) is 0 Å². The van der Waals surface area contributed by atoms with Crippen LogP contribution in [0.25, 0.3) is 0 Å². The van der Waals surface area contributed by atoms with E-state index in [1.807, 2.05) is 7.05 Å². The maximum Gasteiger partial charge on any atom is 0.191 e. The Labute approximate surface area is 137 Å². The molecule has 1 unspecified atom stereocenters. The van der Waals surface area contributed by atoms with Gasteiger partial charge in [-0.2, -0.15) is 0 Å². The van der Waals surface area contributed by atoms with Crippen LogP contribution in [0.1, 0.15) is 52.4 Å². The van der Waals surface area contributed by atoms with E-state index in [4.69, 9.17) is 0 Å². The topological polar surface area (TPSA) is 39.7 Å². The fraction of sp³-hybridized carbons (Fsp3) is 0.944. The van der Waals surface area contributed by atoms with Crippen LogP contribution in [0.15, 0.2) is 4.99 Å². The van der Waals surface area contributed by atoms with Crippen LogP contribution in [0.2, 0.25) is 0 Å². The lowest BCUT2D eigenvalue weighted by atomic mass is 9.78. The summed E-state index contributed by atoms with van der Waals surface area (Å²) < 4.78 is 0. The molecular weight excluding hydrogens is 272 g/mol. The van der Waals surface area contributed by atoms with Gasteiger partial charge in [0.25, 0.3) is 0 Å². The Kier molecular flexibility index (Phi) is 6.54. The predicted molar refractivity (Wildman–Crippen MR) is 95.3 cm³/mol. The Morgan fingerprint density at radius 1 is 1.27 bits per heavy atom. The van der Waals surface area contributed by atoms with Gasteiger partial charge >= 0.3 is 0 Å². The highest BCUT2D eigenvalue weighted by Crippen LogP contribution is 2.42. The van der Waals surface area contributed by atoms with Gasteiger partial charge in [-0.15, -0.1) is 0 Å². The van der Waals surface area contributed by atoms with Crippen molar-refractivity contribution in [2.24, 2.45) is 22.2 Å². The molecule has 4 heteroatoms. The molecule has 1 atom stereocenters. The first kappa shape index (κ1) is 17.6. The summed E-state index contributed by atoms with van der Waals surface area (Å²) in [6.45, 7) is 9.27. The monoisotopic (exact) mass is 308 g/mol. The first-order valence-electron chi connectivity index (χ1n) is 9.16. The molecule has 1 aliphatic heterocycles. The van der Waals surface area contributed by atoms with Gasteiger partial charge in [-0.3, -0.25) is 4.99 Å². The van der Waals surface area contributed by atoms with E-state index in [1.54, 1.807) is 0 Å². The molecule has 2 fully saturated rings. The zero-order valence-corrected chi connectivity index (χ0v) is 15.1. The second-order valence-corrected chi connectivity index (χ2v) is 8.03. The van der Waals surface area contributed by atoms with Crippen molar-refractivity contribution in [2.45, 2.75) is 52.4 Å². The number of hydrogen-bond acceptors (Lipinski definition) is 2. The fourth-order valence-electron chi connectivity index (χ4n) is 4.37. The van der Waals surface area contributed by atoms with Gasteiger partial charge in [0.05, 0.1) is 0 Å². The SMILES string of the molecule is CN=C(NCC1CCN(C)C1)NCC1(CC(C)C)CCCC1. The van der Waals surface area contributed by atoms with Crippen LogP contribution in [0.3, 0.4) is 0 Å². The zero-order chi connectivity index (χ0) is 16.0. The number of rotatable bonds is 6. The van der Waals surface area contributed by atoms with Crippen LogP contribution in [0, 0.1) is 17.3 Å². The molecule has 1 heterocycles. The Morgan fingerprint density at radius 2 is 2.00 bits per heavy atom. The van der Waals surface area contributed by atoms with Gasteiger partial charge < -0.3 is 15.5 Å².